The zero-order valence-corrected chi connectivity index (χ0v) is 15.9. The van der Waals surface area contributed by atoms with Gasteiger partial charge in [0, 0.05) is 21.2 Å². The van der Waals surface area contributed by atoms with Crippen LogP contribution in [0.15, 0.2) is 58.3 Å². The Hall–Kier alpha value is -2.93. The molecule has 2 amide bonds. The van der Waals surface area contributed by atoms with Gasteiger partial charge >= 0.3 is 0 Å². The van der Waals surface area contributed by atoms with Crippen molar-refractivity contribution in [3.8, 4) is 0 Å². The molecular formula is C20H20N2O4S. The third kappa shape index (κ3) is 7.45. The number of hydrogen-bond donors (Lipinski definition) is 2. The maximum atomic E-state index is 11.6. The van der Waals surface area contributed by atoms with Crippen molar-refractivity contribution in [3.63, 3.8) is 0 Å². The number of Topliss-reactive ketones (excluding diaryl/α,β-unsaturated/α-hetero) is 2. The SMILES string of the molecule is CC(=O)CC(=O)Nc1ccc(Sc2ccc(NC(=O)CC(C)=O)cc2)cc1. The summed E-state index contributed by atoms with van der Waals surface area (Å²) in [6, 6.07) is 14.6. The Morgan fingerprint density at radius 3 is 1.30 bits per heavy atom. The minimum atomic E-state index is -0.328. The number of nitrogens with one attached hydrogen (secondary N) is 2. The number of ketones is 2. The molecule has 2 aromatic rings. The molecular weight excluding hydrogens is 364 g/mol. The van der Waals surface area contributed by atoms with Crippen LogP contribution in [-0.2, 0) is 19.2 Å². The van der Waals surface area contributed by atoms with E-state index in [2.05, 4.69) is 10.6 Å². The Bertz CT molecular complexity index is 774. The smallest absolute Gasteiger partial charge is 0.231 e. The predicted octanol–water partition coefficient (Wildman–Crippen LogP) is 3.67. The molecule has 6 nitrogen and oxygen atoms in total. The third-order valence-electron chi connectivity index (χ3n) is 3.33. The average Bonchev–Trinajstić information content (AvgIpc) is 2.57. The summed E-state index contributed by atoms with van der Waals surface area (Å²) in [5.41, 5.74) is 1.27. The molecule has 2 N–H and O–H groups in total. The summed E-state index contributed by atoms with van der Waals surface area (Å²) in [4.78, 5) is 47.0. The molecule has 0 radical (unpaired) electrons. The van der Waals surface area contributed by atoms with E-state index in [1.165, 1.54) is 25.6 Å². The maximum Gasteiger partial charge on any atom is 0.231 e. The Morgan fingerprint density at radius 2 is 1.00 bits per heavy atom. The van der Waals surface area contributed by atoms with Gasteiger partial charge in [-0.1, -0.05) is 11.8 Å². The van der Waals surface area contributed by atoms with Crippen molar-refractivity contribution in [3.05, 3.63) is 48.5 Å². The summed E-state index contributed by atoms with van der Waals surface area (Å²) in [6.45, 7) is 2.75. The number of amides is 2. The minimum absolute atomic E-state index is 0.133. The molecule has 7 heteroatoms. The van der Waals surface area contributed by atoms with Gasteiger partial charge in [0.05, 0.1) is 12.8 Å². The quantitative estimate of drug-likeness (QED) is 0.678. The van der Waals surface area contributed by atoms with Gasteiger partial charge in [-0.25, -0.2) is 0 Å². The van der Waals surface area contributed by atoms with E-state index in [1.807, 2.05) is 24.3 Å². The summed E-state index contributed by atoms with van der Waals surface area (Å²) in [5.74, 6) is -1.02. The van der Waals surface area contributed by atoms with Crippen molar-refractivity contribution in [1.29, 1.82) is 0 Å². The predicted molar refractivity (Wildman–Crippen MR) is 105 cm³/mol. The van der Waals surface area contributed by atoms with Gasteiger partial charge in [0.25, 0.3) is 0 Å². The van der Waals surface area contributed by atoms with Crippen LogP contribution in [0.1, 0.15) is 26.7 Å². The maximum absolute atomic E-state index is 11.6. The van der Waals surface area contributed by atoms with Crippen molar-refractivity contribution in [2.75, 3.05) is 10.6 Å². The lowest BCUT2D eigenvalue weighted by Crippen LogP contribution is -2.14. The zero-order valence-electron chi connectivity index (χ0n) is 15.1. The lowest BCUT2D eigenvalue weighted by atomic mass is 10.2. The highest BCUT2D eigenvalue weighted by molar-refractivity contribution is 7.99. The van der Waals surface area contributed by atoms with E-state index in [1.54, 1.807) is 24.3 Å². The standard InChI is InChI=1S/C20H20N2O4S/c1-13(23)11-19(25)21-15-3-7-17(8-4-15)27-18-9-5-16(6-10-18)22-20(26)12-14(2)24/h3-10H,11-12H2,1-2H3,(H,21,25)(H,22,26). The Kier molecular flexibility index (Phi) is 7.31. The molecule has 140 valence electrons. The first kappa shape index (κ1) is 20.4. The molecule has 0 heterocycles. The van der Waals surface area contributed by atoms with Crippen molar-refractivity contribution in [2.24, 2.45) is 0 Å². The van der Waals surface area contributed by atoms with E-state index < -0.39 is 0 Å². The number of benzene rings is 2. The summed E-state index contributed by atoms with van der Waals surface area (Å²) < 4.78 is 0. The first-order valence-electron chi connectivity index (χ1n) is 8.28. The van der Waals surface area contributed by atoms with Gasteiger partial charge in [0.15, 0.2) is 0 Å². The highest BCUT2D eigenvalue weighted by atomic mass is 32.2. The Balaban J connectivity index is 1.91. The number of carbonyl (C=O) groups is 4. The van der Waals surface area contributed by atoms with E-state index in [9.17, 15) is 19.2 Å². The van der Waals surface area contributed by atoms with Gasteiger partial charge in [-0.05, 0) is 62.4 Å². The molecule has 27 heavy (non-hydrogen) atoms. The second-order valence-electron chi connectivity index (χ2n) is 6.00. The Labute approximate surface area is 161 Å². The molecule has 0 aromatic heterocycles. The van der Waals surface area contributed by atoms with Crippen molar-refractivity contribution in [2.45, 2.75) is 36.5 Å². The summed E-state index contributed by atoms with van der Waals surface area (Å²) in [5, 5.41) is 5.34. The number of carbonyl (C=O) groups excluding carboxylic acids is 4. The van der Waals surface area contributed by atoms with E-state index in [-0.39, 0.29) is 36.2 Å². The first-order valence-corrected chi connectivity index (χ1v) is 9.10. The van der Waals surface area contributed by atoms with E-state index >= 15 is 0 Å². The lowest BCUT2D eigenvalue weighted by Gasteiger charge is -2.07. The van der Waals surface area contributed by atoms with Gasteiger partial charge in [-0.15, -0.1) is 0 Å². The minimum Gasteiger partial charge on any atom is -0.326 e. The van der Waals surface area contributed by atoms with Gasteiger partial charge < -0.3 is 10.6 Å². The van der Waals surface area contributed by atoms with E-state index in [0.717, 1.165) is 9.79 Å². The molecule has 2 rings (SSSR count). The fourth-order valence-electron chi connectivity index (χ4n) is 2.21. The highest BCUT2D eigenvalue weighted by Crippen LogP contribution is 2.29. The lowest BCUT2D eigenvalue weighted by molar-refractivity contribution is -0.125. The highest BCUT2D eigenvalue weighted by Gasteiger charge is 2.07. The molecule has 0 unspecified atom stereocenters. The van der Waals surface area contributed by atoms with Crippen LogP contribution in [0.3, 0.4) is 0 Å². The molecule has 0 atom stereocenters. The van der Waals surface area contributed by atoms with Crippen LogP contribution in [0.5, 0.6) is 0 Å². The van der Waals surface area contributed by atoms with Crippen molar-refractivity contribution in [1.82, 2.24) is 0 Å². The van der Waals surface area contributed by atoms with E-state index in [4.69, 9.17) is 0 Å². The van der Waals surface area contributed by atoms with Crippen LogP contribution in [0, 0.1) is 0 Å². The number of hydrogen-bond acceptors (Lipinski definition) is 5. The molecule has 0 saturated heterocycles. The van der Waals surface area contributed by atoms with Crippen molar-refractivity contribution < 1.29 is 19.2 Å². The molecule has 0 spiro atoms. The average molecular weight is 384 g/mol. The third-order valence-corrected chi connectivity index (χ3v) is 4.35. The largest absolute Gasteiger partial charge is 0.326 e. The van der Waals surface area contributed by atoms with Gasteiger partial charge in [-0.2, -0.15) is 0 Å². The molecule has 0 aliphatic carbocycles. The topological polar surface area (TPSA) is 92.3 Å². The molecule has 0 saturated carbocycles. The molecule has 2 aromatic carbocycles. The second kappa shape index (κ2) is 9.68. The zero-order chi connectivity index (χ0) is 19.8. The normalized spacial score (nSPS) is 10.1. The monoisotopic (exact) mass is 384 g/mol. The summed E-state index contributed by atoms with van der Waals surface area (Å²) >= 11 is 1.53. The van der Waals surface area contributed by atoms with Crippen LogP contribution in [0.25, 0.3) is 0 Å². The van der Waals surface area contributed by atoms with Crippen LogP contribution >= 0.6 is 11.8 Å². The van der Waals surface area contributed by atoms with Gasteiger partial charge in [0.1, 0.15) is 11.6 Å². The fraction of sp³-hybridized carbons (Fsp3) is 0.200. The van der Waals surface area contributed by atoms with Crippen molar-refractivity contribution >= 4 is 46.5 Å². The summed E-state index contributed by atoms with van der Waals surface area (Å²) in [6.07, 6.45) is -0.266. The summed E-state index contributed by atoms with van der Waals surface area (Å²) in [7, 11) is 0. The molecule has 0 aliphatic heterocycles. The fourth-order valence-corrected chi connectivity index (χ4v) is 3.03. The molecule has 0 fully saturated rings. The van der Waals surface area contributed by atoms with E-state index in [0.29, 0.717) is 11.4 Å². The first-order chi connectivity index (χ1) is 12.8. The van der Waals surface area contributed by atoms with Crippen LogP contribution < -0.4 is 10.6 Å². The molecule has 0 aliphatic rings. The Morgan fingerprint density at radius 1 is 0.667 bits per heavy atom. The molecule has 0 bridgehead atoms. The van der Waals surface area contributed by atoms with Gasteiger partial charge in [-0.3, -0.25) is 19.2 Å². The second-order valence-corrected chi connectivity index (χ2v) is 7.15. The van der Waals surface area contributed by atoms with Gasteiger partial charge in [0.2, 0.25) is 11.8 Å². The van der Waals surface area contributed by atoms with Crippen LogP contribution in [0.4, 0.5) is 11.4 Å². The number of anilines is 2. The van der Waals surface area contributed by atoms with Crippen LogP contribution in [-0.4, -0.2) is 23.4 Å². The van der Waals surface area contributed by atoms with Crippen LogP contribution in [0.2, 0.25) is 0 Å². The number of rotatable bonds is 8.